The number of pyridine rings is 1. The van der Waals surface area contributed by atoms with Gasteiger partial charge in [-0.1, -0.05) is 54.6 Å². The van der Waals surface area contributed by atoms with Gasteiger partial charge in [-0.15, -0.1) is 0 Å². The third kappa shape index (κ3) is 4.59. The minimum atomic E-state index is -3.24. The number of fused-ring (bicyclic) bond motifs is 3. The molecule has 0 fully saturated rings. The molecule has 5 aromatic rings. The van der Waals surface area contributed by atoms with Crippen LogP contribution >= 0.6 is 0 Å². The number of sulfonamides is 1. The molecule has 0 spiro atoms. The first-order valence-corrected chi connectivity index (χ1v) is 13.4. The average molecular weight is 496 g/mol. The zero-order chi connectivity index (χ0) is 25.5. The summed E-state index contributed by atoms with van der Waals surface area (Å²) in [7, 11) is -3.24. The summed E-state index contributed by atoms with van der Waals surface area (Å²) in [5.74, 6) is 0. The molecule has 0 bridgehead atoms. The highest BCUT2D eigenvalue weighted by Crippen LogP contribution is 2.35. The van der Waals surface area contributed by atoms with Crippen LogP contribution in [0.2, 0.25) is 0 Å². The van der Waals surface area contributed by atoms with Crippen molar-refractivity contribution in [2.75, 3.05) is 6.26 Å². The summed E-state index contributed by atoms with van der Waals surface area (Å²) >= 11 is 0. The van der Waals surface area contributed by atoms with Gasteiger partial charge in [0.25, 0.3) is 0 Å². The number of hydrogen-bond donors (Lipinski definition) is 2. The lowest BCUT2D eigenvalue weighted by Crippen LogP contribution is -2.21. The fraction of sp³-hybridized carbons (Fsp3) is 0.179. The second kappa shape index (κ2) is 8.86. The predicted octanol–water partition coefficient (Wildman–Crippen LogP) is 5.30. The molecule has 0 aliphatic heterocycles. The van der Waals surface area contributed by atoms with Crippen molar-refractivity contribution in [1.82, 2.24) is 19.9 Å². The van der Waals surface area contributed by atoms with Crippen molar-refractivity contribution in [3.05, 3.63) is 84.1 Å². The van der Waals surface area contributed by atoms with Crippen molar-refractivity contribution < 1.29 is 8.42 Å². The van der Waals surface area contributed by atoms with Gasteiger partial charge in [0.1, 0.15) is 5.69 Å². The Bertz CT molecular complexity index is 1730. The van der Waals surface area contributed by atoms with Crippen molar-refractivity contribution >= 4 is 31.8 Å². The van der Waals surface area contributed by atoms with E-state index in [0.717, 1.165) is 61.6 Å². The Hall–Kier alpha value is -4.06. The minimum Gasteiger partial charge on any atom is -0.276 e. The van der Waals surface area contributed by atoms with Gasteiger partial charge >= 0.3 is 0 Å². The van der Waals surface area contributed by atoms with Crippen molar-refractivity contribution in [3.8, 4) is 28.5 Å². The first kappa shape index (κ1) is 23.7. The Morgan fingerprint density at radius 1 is 0.972 bits per heavy atom. The zero-order valence-corrected chi connectivity index (χ0v) is 21.0. The molecular formula is C28H25N5O2S. The summed E-state index contributed by atoms with van der Waals surface area (Å²) in [5, 5.41) is 19.1. The summed E-state index contributed by atoms with van der Waals surface area (Å²) in [6.45, 7) is 4.06. The van der Waals surface area contributed by atoms with E-state index >= 15 is 0 Å². The molecule has 2 N–H and O–H groups in total. The first-order valence-electron chi connectivity index (χ1n) is 11.5. The molecule has 0 saturated carbocycles. The summed E-state index contributed by atoms with van der Waals surface area (Å²) in [5.41, 5.74) is 6.82. The van der Waals surface area contributed by atoms with Gasteiger partial charge in [0, 0.05) is 22.9 Å². The molecule has 2 heterocycles. The SMILES string of the molecule is CC(C)(C#N)c1ccc(-c2n[nH]c3cnc4ccc(-c5ccc(CNS(C)(=O)=O)cc5)cc4c23)cc1. The van der Waals surface area contributed by atoms with E-state index in [4.69, 9.17) is 0 Å². The summed E-state index contributed by atoms with van der Waals surface area (Å²) in [6, 6.07) is 24.3. The molecular weight excluding hydrogens is 470 g/mol. The van der Waals surface area contributed by atoms with E-state index in [1.807, 2.05) is 74.5 Å². The van der Waals surface area contributed by atoms with Crippen LogP contribution in [0.5, 0.6) is 0 Å². The van der Waals surface area contributed by atoms with E-state index < -0.39 is 15.4 Å². The van der Waals surface area contributed by atoms with Gasteiger partial charge in [0.05, 0.1) is 35.0 Å². The minimum absolute atomic E-state index is 0.254. The number of rotatable bonds is 6. The van der Waals surface area contributed by atoms with E-state index in [0.29, 0.717) is 0 Å². The van der Waals surface area contributed by atoms with Gasteiger partial charge in [-0.25, -0.2) is 13.1 Å². The van der Waals surface area contributed by atoms with E-state index in [2.05, 4.69) is 32.0 Å². The predicted molar refractivity (Wildman–Crippen MR) is 143 cm³/mol. The summed E-state index contributed by atoms with van der Waals surface area (Å²) in [4.78, 5) is 4.60. The lowest BCUT2D eigenvalue weighted by atomic mass is 9.86. The number of aromatic nitrogens is 3. The number of H-pyrrole nitrogens is 1. The van der Waals surface area contributed by atoms with Crippen LogP contribution in [-0.4, -0.2) is 29.9 Å². The smallest absolute Gasteiger partial charge is 0.209 e. The van der Waals surface area contributed by atoms with Crippen LogP contribution in [0.1, 0.15) is 25.0 Å². The molecule has 0 unspecified atom stereocenters. The number of nitrogens with one attached hydrogen (secondary N) is 2. The van der Waals surface area contributed by atoms with Crippen LogP contribution in [-0.2, 0) is 22.0 Å². The Morgan fingerprint density at radius 2 is 1.64 bits per heavy atom. The van der Waals surface area contributed by atoms with Crippen LogP contribution < -0.4 is 4.72 Å². The van der Waals surface area contributed by atoms with E-state index in [1.165, 1.54) is 0 Å². The lowest BCUT2D eigenvalue weighted by Gasteiger charge is -2.15. The number of benzene rings is 3. The Balaban J connectivity index is 1.55. The highest BCUT2D eigenvalue weighted by atomic mass is 32.2. The number of nitriles is 1. The standard InChI is InChI=1S/C28H25N5O2S/c1-28(2,17-29)22-11-8-20(9-12-22)27-26-23-14-21(10-13-24(23)30-16-25(26)32-33-27)19-6-4-18(5-7-19)15-31-36(3,34)35/h4-14,16,31H,15H2,1-3H3,(H,32,33). The van der Waals surface area contributed by atoms with Gasteiger partial charge < -0.3 is 0 Å². The topological polar surface area (TPSA) is 112 Å². The maximum atomic E-state index is 11.4. The summed E-state index contributed by atoms with van der Waals surface area (Å²) in [6.07, 6.45) is 2.95. The lowest BCUT2D eigenvalue weighted by molar-refractivity contribution is 0.587. The van der Waals surface area contributed by atoms with Crippen molar-refractivity contribution in [3.63, 3.8) is 0 Å². The molecule has 0 saturated heterocycles. The van der Waals surface area contributed by atoms with Crippen molar-refractivity contribution in [1.29, 1.82) is 5.26 Å². The second-order valence-electron chi connectivity index (χ2n) is 9.46. The molecule has 0 atom stereocenters. The van der Waals surface area contributed by atoms with E-state index in [1.54, 1.807) is 6.20 Å². The van der Waals surface area contributed by atoms with Gasteiger partial charge in [-0.2, -0.15) is 10.4 Å². The zero-order valence-electron chi connectivity index (χ0n) is 20.2. The molecule has 2 aromatic heterocycles. The molecule has 0 aliphatic rings. The molecule has 0 amide bonds. The van der Waals surface area contributed by atoms with Crippen LogP contribution in [0.3, 0.4) is 0 Å². The van der Waals surface area contributed by atoms with Crippen molar-refractivity contribution in [2.45, 2.75) is 25.8 Å². The number of hydrogen-bond acceptors (Lipinski definition) is 5. The maximum Gasteiger partial charge on any atom is 0.209 e. The third-order valence-electron chi connectivity index (χ3n) is 6.38. The Kier molecular flexibility index (Phi) is 5.83. The highest BCUT2D eigenvalue weighted by Gasteiger charge is 2.20. The Morgan fingerprint density at radius 3 is 2.31 bits per heavy atom. The molecule has 7 nitrogen and oxygen atoms in total. The highest BCUT2D eigenvalue weighted by molar-refractivity contribution is 7.88. The fourth-order valence-corrected chi connectivity index (χ4v) is 4.66. The summed E-state index contributed by atoms with van der Waals surface area (Å²) < 4.78 is 25.3. The number of aromatic amines is 1. The van der Waals surface area contributed by atoms with Gasteiger partial charge in [0.15, 0.2) is 0 Å². The quantitative estimate of drug-likeness (QED) is 0.332. The molecule has 0 radical (unpaired) electrons. The van der Waals surface area contributed by atoms with Crippen LogP contribution in [0.4, 0.5) is 0 Å². The number of nitrogens with zero attached hydrogens (tertiary/aromatic N) is 3. The normalized spacial score (nSPS) is 12.2. The van der Waals surface area contributed by atoms with Gasteiger partial charge in [-0.3, -0.25) is 10.1 Å². The largest absolute Gasteiger partial charge is 0.276 e. The second-order valence-corrected chi connectivity index (χ2v) is 11.3. The monoisotopic (exact) mass is 495 g/mol. The van der Waals surface area contributed by atoms with Gasteiger partial charge in [0.2, 0.25) is 10.0 Å². The third-order valence-corrected chi connectivity index (χ3v) is 7.05. The molecule has 0 aliphatic carbocycles. The first-order chi connectivity index (χ1) is 17.1. The Labute approximate surface area is 209 Å². The maximum absolute atomic E-state index is 11.4. The molecule has 36 heavy (non-hydrogen) atoms. The van der Waals surface area contributed by atoms with Crippen LogP contribution in [0.25, 0.3) is 44.2 Å². The van der Waals surface area contributed by atoms with Crippen LogP contribution in [0.15, 0.2) is 72.9 Å². The van der Waals surface area contributed by atoms with E-state index in [9.17, 15) is 13.7 Å². The fourth-order valence-electron chi connectivity index (χ4n) is 4.23. The van der Waals surface area contributed by atoms with Gasteiger partial charge in [-0.05, 0) is 48.2 Å². The average Bonchev–Trinajstić information content (AvgIpc) is 3.32. The molecule has 5 rings (SSSR count). The molecule has 3 aromatic carbocycles. The molecule has 8 heteroatoms. The van der Waals surface area contributed by atoms with Crippen LogP contribution in [0, 0.1) is 11.3 Å². The van der Waals surface area contributed by atoms with E-state index in [-0.39, 0.29) is 6.54 Å². The van der Waals surface area contributed by atoms with Crippen molar-refractivity contribution in [2.24, 2.45) is 0 Å². The molecule has 180 valence electrons.